The molecule has 11 heteroatoms. The van der Waals surface area contributed by atoms with E-state index in [4.69, 9.17) is 14.5 Å². The molecule has 2 heterocycles. The lowest BCUT2D eigenvalue weighted by molar-refractivity contribution is -0.204. The minimum absolute atomic E-state index is 0.0859. The van der Waals surface area contributed by atoms with Crippen LogP contribution in [0.2, 0.25) is 0 Å². The summed E-state index contributed by atoms with van der Waals surface area (Å²) in [7, 11) is 3.40. The van der Waals surface area contributed by atoms with Crippen LogP contribution >= 0.6 is 0 Å². The number of allylic oxidation sites excluding steroid dienone is 9. The number of hydrogen-bond donors (Lipinski definition) is 1. The number of hydrogen-bond acceptors (Lipinski definition) is 7. The highest BCUT2D eigenvalue weighted by molar-refractivity contribution is 5.97. The lowest BCUT2D eigenvalue weighted by Gasteiger charge is -2.40. The monoisotopic (exact) mass is 560 g/mol. The first kappa shape index (κ1) is 32.4. The van der Waals surface area contributed by atoms with Gasteiger partial charge in [0.05, 0.1) is 25.5 Å². The van der Waals surface area contributed by atoms with Gasteiger partial charge in [-0.15, -0.1) is 0 Å². The standard InChI is InChI=1S/C29H35F3N4O4/c1-7-20(3)24(15-21(4)34-27(37)22(8-2)11-9-10-12-29(30,31)32)23-16-25(28(39-6)18-40-19-28)35-26(17-23)36(5)14-13-33-38/h7-12,15-17H,1,13-14,18-19H2,2-6H3,(H,34,37)/b11-9-,12-10+,21-15+,22-8+,24-20+. The number of alkyl halides is 3. The van der Waals surface area contributed by atoms with E-state index in [1.807, 2.05) is 24.0 Å². The lowest BCUT2D eigenvalue weighted by Crippen LogP contribution is -2.49. The molecule has 0 atom stereocenters. The molecule has 1 aliphatic heterocycles. The minimum Gasteiger partial charge on any atom is -0.374 e. The van der Waals surface area contributed by atoms with Crippen molar-refractivity contribution in [2.24, 2.45) is 5.18 Å². The molecular weight excluding hydrogens is 525 g/mol. The van der Waals surface area contributed by atoms with Gasteiger partial charge < -0.3 is 19.7 Å². The molecule has 1 saturated heterocycles. The molecule has 0 unspecified atom stereocenters. The largest absolute Gasteiger partial charge is 0.409 e. The van der Waals surface area contributed by atoms with Gasteiger partial charge in [-0.25, -0.2) is 4.98 Å². The van der Waals surface area contributed by atoms with Crippen molar-refractivity contribution in [1.29, 1.82) is 0 Å². The smallest absolute Gasteiger partial charge is 0.374 e. The second-order valence-electron chi connectivity index (χ2n) is 9.15. The van der Waals surface area contributed by atoms with Crippen molar-refractivity contribution in [2.75, 3.05) is 45.4 Å². The fraction of sp³-hybridized carbons (Fsp3) is 0.379. The van der Waals surface area contributed by atoms with Crippen LogP contribution in [0.15, 0.2) is 83.3 Å². The van der Waals surface area contributed by atoms with Gasteiger partial charge in [0.2, 0.25) is 0 Å². The van der Waals surface area contributed by atoms with Crippen molar-refractivity contribution >= 4 is 17.3 Å². The topological polar surface area (TPSA) is 93.1 Å². The summed E-state index contributed by atoms with van der Waals surface area (Å²) in [6.07, 6.45) is 3.90. The van der Waals surface area contributed by atoms with Gasteiger partial charge in [0.1, 0.15) is 5.82 Å². The fourth-order valence-corrected chi connectivity index (χ4v) is 3.73. The van der Waals surface area contributed by atoms with Crippen LogP contribution in [-0.2, 0) is 19.9 Å². The van der Waals surface area contributed by atoms with E-state index in [9.17, 15) is 22.9 Å². The summed E-state index contributed by atoms with van der Waals surface area (Å²) < 4.78 is 48.2. The number of aromatic nitrogens is 1. The summed E-state index contributed by atoms with van der Waals surface area (Å²) in [6.45, 7) is 10.2. The van der Waals surface area contributed by atoms with Crippen LogP contribution in [0, 0.1) is 4.91 Å². The van der Waals surface area contributed by atoms with Crippen molar-refractivity contribution in [3.63, 3.8) is 0 Å². The molecular formula is C29H35F3N4O4. The third-order valence-electron chi connectivity index (χ3n) is 6.22. The molecule has 40 heavy (non-hydrogen) atoms. The summed E-state index contributed by atoms with van der Waals surface area (Å²) >= 11 is 0. The van der Waals surface area contributed by atoms with E-state index in [1.165, 1.54) is 12.2 Å². The zero-order valence-corrected chi connectivity index (χ0v) is 23.3. The van der Waals surface area contributed by atoms with Crippen molar-refractivity contribution in [3.05, 3.63) is 94.3 Å². The van der Waals surface area contributed by atoms with E-state index in [1.54, 1.807) is 40.2 Å². The molecule has 0 saturated carbocycles. The van der Waals surface area contributed by atoms with Crippen LogP contribution in [0.1, 0.15) is 32.0 Å². The molecule has 1 aromatic heterocycles. The first-order valence-corrected chi connectivity index (χ1v) is 12.5. The second-order valence-corrected chi connectivity index (χ2v) is 9.15. The number of carbonyl (C=O) groups is 1. The summed E-state index contributed by atoms with van der Waals surface area (Å²) in [6, 6.07) is 3.75. The summed E-state index contributed by atoms with van der Waals surface area (Å²) in [5.74, 6) is 0.114. The molecule has 0 aliphatic carbocycles. The summed E-state index contributed by atoms with van der Waals surface area (Å²) in [4.78, 5) is 30.1. The SMILES string of the molecule is C=C/C(C)=C(\C=C(/C)NC(=O)C(/C=C\C=C\C(F)(F)F)=C/C)c1cc(N(C)CCN=O)nc(C2(OC)COC2)c1. The first-order chi connectivity index (χ1) is 18.9. The van der Waals surface area contributed by atoms with E-state index in [2.05, 4.69) is 17.1 Å². The molecule has 1 fully saturated rings. The third kappa shape index (κ3) is 8.85. The normalized spacial score (nSPS) is 16.5. The molecule has 1 aliphatic rings. The molecule has 0 bridgehead atoms. The van der Waals surface area contributed by atoms with Crippen molar-refractivity contribution in [3.8, 4) is 0 Å². The van der Waals surface area contributed by atoms with E-state index in [0.717, 1.165) is 28.9 Å². The van der Waals surface area contributed by atoms with E-state index in [-0.39, 0.29) is 18.2 Å². The molecule has 216 valence electrons. The number of nitrogens with zero attached hydrogens (tertiary/aromatic N) is 3. The third-order valence-corrected chi connectivity index (χ3v) is 6.22. The molecule has 0 aromatic carbocycles. The maximum absolute atomic E-state index is 12.8. The van der Waals surface area contributed by atoms with Gasteiger partial charge in [0, 0.05) is 38.0 Å². The Morgan fingerprint density at radius 1 is 1.30 bits per heavy atom. The van der Waals surface area contributed by atoms with Crippen LogP contribution in [-0.4, -0.2) is 57.5 Å². The molecule has 8 nitrogen and oxygen atoms in total. The second kappa shape index (κ2) is 14.5. The highest BCUT2D eigenvalue weighted by atomic mass is 19.4. The number of ether oxygens (including phenoxy) is 2. The zero-order valence-electron chi connectivity index (χ0n) is 23.3. The highest BCUT2D eigenvalue weighted by Crippen LogP contribution is 2.36. The average Bonchev–Trinajstić information content (AvgIpc) is 2.88. The molecule has 1 amide bonds. The quantitative estimate of drug-likeness (QED) is 0.187. The summed E-state index contributed by atoms with van der Waals surface area (Å²) in [5.41, 5.74) is 2.94. The predicted molar refractivity (Wildman–Crippen MR) is 150 cm³/mol. The maximum atomic E-state index is 12.8. The minimum atomic E-state index is -4.44. The van der Waals surface area contributed by atoms with Crippen molar-refractivity contribution < 1.29 is 27.4 Å². The predicted octanol–water partition coefficient (Wildman–Crippen LogP) is 5.76. The van der Waals surface area contributed by atoms with Gasteiger partial charge in [-0.05, 0) is 61.8 Å². The van der Waals surface area contributed by atoms with E-state index < -0.39 is 17.7 Å². The number of likely N-dealkylation sites (N-methyl/N-ethyl adjacent to an activating group) is 1. The van der Waals surface area contributed by atoms with Gasteiger partial charge in [-0.1, -0.05) is 36.1 Å². The van der Waals surface area contributed by atoms with Crippen molar-refractivity contribution in [2.45, 2.75) is 32.5 Å². The Morgan fingerprint density at radius 2 is 2.00 bits per heavy atom. The summed E-state index contributed by atoms with van der Waals surface area (Å²) in [5, 5.41) is 5.72. The van der Waals surface area contributed by atoms with Gasteiger partial charge in [0.25, 0.3) is 5.91 Å². The van der Waals surface area contributed by atoms with E-state index >= 15 is 0 Å². The van der Waals surface area contributed by atoms with Crippen LogP contribution < -0.4 is 10.2 Å². The van der Waals surface area contributed by atoms with Crippen molar-refractivity contribution in [1.82, 2.24) is 10.3 Å². The van der Waals surface area contributed by atoms with Crippen LogP contribution in [0.5, 0.6) is 0 Å². The fourth-order valence-electron chi connectivity index (χ4n) is 3.73. The number of nitroso groups, excluding NO2 is 1. The molecule has 1 N–H and O–H groups in total. The molecule has 0 radical (unpaired) electrons. The van der Waals surface area contributed by atoms with Crippen LogP contribution in [0.4, 0.5) is 19.0 Å². The maximum Gasteiger partial charge on any atom is 0.409 e. The molecule has 2 rings (SSSR count). The number of rotatable bonds is 13. The number of halogens is 3. The first-order valence-electron chi connectivity index (χ1n) is 12.5. The number of pyridine rings is 1. The number of anilines is 1. The average molecular weight is 561 g/mol. The number of nitrogens with one attached hydrogen (secondary N) is 1. The number of methoxy groups -OCH3 is 1. The van der Waals surface area contributed by atoms with E-state index in [0.29, 0.717) is 37.0 Å². The lowest BCUT2D eigenvalue weighted by atomic mass is 9.92. The molecule has 1 aromatic rings. The van der Waals surface area contributed by atoms with Crippen LogP contribution in [0.3, 0.4) is 0 Å². The van der Waals surface area contributed by atoms with Gasteiger partial charge >= 0.3 is 6.18 Å². The highest BCUT2D eigenvalue weighted by Gasteiger charge is 2.42. The van der Waals surface area contributed by atoms with Crippen LogP contribution in [0.25, 0.3) is 5.57 Å². The Balaban J connectivity index is 2.46. The zero-order chi connectivity index (χ0) is 29.9. The van der Waals surface area contributed by atoms with Gasteiger partial charge in [-0.3, -0.25) is 4.79 Å². The number of carbonyl (C=O) groups excluding carboxylic acids is 1. The number of amides is 1. The molecule has 0 spiro atoms. The van der Waals surface area contributed by atoms with Gasteiger partial charge in [-0.2, -0.15) is 18.1 Å². The Labute approximate surface area is 232 Å². The van der Waals surface area contributed by atoms with Gasteiger partial charge in [0.15, 0.2) is 5.60 Å². The Morgan fingerprint density at radius 3 is 2.52 bits per heavy atom. The Bertz CT molecular complexity index is 1240. The Kier molecular flexibility index (Phi) is 11.8. The Hall–Kier alpha value is -3.83.